The molecular weight excluding hydrogens is 366 g/mol. The number of anilines is 1. The van der Waals surface area contributed by atoms with Crippen LogP contribution in [-0.2, 0) is 6.54 Å². The lowest BCUT2D eigenvalue weighted by atomic mass is 10.1. The maximum absolute atomic E-state index is 12.7. The van der Waals surface area contributed by atoms with E-state index < -0.39 is 11.9 Å². The van der Waals surface area contributed by atoms with Crippen LogP contribution in [0.15, 0.2) is 35.4 Å². The van der Waals surface area contributed by atoms with Crippen molar-refractivity contribution in [2.45, 2.75) is 33.2 Å². The Balaban J connectivity index is 1.99. The summed E-state index contributed by atoms with van der Waals surface area (Å²) in [5.74, 6) is -1.58. The fraction of sp³-hybridized carbons (Fsp3) is 0.263. The second-order valence-electron chi connectivity index (χ2n) is 6.14. The van der Waals surface area contributed by atoms with Gasteiger partial charge in [-0.05, 0) is 31.0 Å². The Hall–Kier alpha value is -3.00. The van der Waals surface area contributed by atoms with Crippen LogP contribution in [0.1, 0.15) is 45.4 Å². The van der Waals surface area contributed by atoms with E-state index in [1.807, 2.05) is 6.92 Å². The largest absolute Gasteiger partial charge is 0.478 e. The number of carboxylic acids is 1. The van der Waals surface area contributed by atoms with Gasteiger partial charge in [-0.3, -0.25) is 14.2 Å². The number of nitrogens with zero attached hydrogens (tertiary/aromatic N) is 2. The highest BCUT2D eigenvalue weighted by Crippen LogP contribution is 2.28. The maximum Gasteiger partial charge on any atom is 0.337 e. The number of benzene rings is 1. The fourth-order valence-electron chi connectivity index (χ4n) is 2.82. The van der Waals surface area contributed by atoms with Gasteiger partial charge in [0.1, 0.15) is 4.83 Å². The molecule has 0 aliphatic heterocycles. The fourth-order valence-corrected chi connectivity index (χ4v) is 3.86. The lowest BCUT2D eigenvalue weighted by Gasteiger charge is -2.07. The van der Waals surface area contributed by atoms with E-state index in [1.165, 1.54) is 18.5 Å². The number of carboxylic acid groups (broad SMARTS) is 1. The second kappa shape index (κ2) is 7.71. The highest BCUT2D eigenvalue weighted by Gasteiger charge is 2.21. The number of para-hydroxylation sites is 1. The van der Waals surface area contributed by atoms with Crippen molar-refractivity contribution in [3.05, 3.63) is 57.0 Å². The zero-order chi connectivity index (χ0) is 19.6. The van der Waals surface area contributed by atoms with Gasteiger partial charge in [0.25, 0.3) is 11.5 Å². The summed E-state index contributed by atoms with van der Waals surface area (Å²) in [6.07, 6.45) is 3.34. The van der Waals surface area contributed by atoms with E-state index in [4.69, 9.17) is 0 Å². The number of aromatic carboxylic acids is 1. The third-order valence-corrected chi connectivity index (χ3v) is 5.48. The van der Waals surface area contributed by atoms with E-state index in [0.29, 0.717) is 27.2 Å². The molecule has 0 fully saturated rings. The number of nitrogens with one attached hydrogen (secondary N) is 1. The van der Waals surface area contributed by atoms with Crippen molar-refractivity contribution in [3.63, 3.8) is 0 Å². The lowest BCUT2D eigenvalue weighted by molar-refractivity contribution is 0.0698. The van der Waals surface area contributed by atoms with E-state index in [1.54, 1.807) is 23.6 Å². The molecule has 2 N–H and O–H groups in total. The third kappa shape index (κ3) is 3.61. The van der Waals surface area contributed by atoms with Gasteiger partial charge in [-0.1, -0.05) is 25.5 Å². The van der Waals surface area contributed by atoms with Gasteiger partial charge in [-0.25, -0.2) is 9.78 Å². The zero-order valence-corrected chi connectivity index (χ0v) is 15.8. The Morgan fingerprint density at radius 1 is 1.30 bits per heavy atom. The molecule has 1 aromatic carbocycles. The quantitative estimate of drug-likeness (QED) is 0.676. The van der Waals surface area contributed by atoms with Crippen LogP contribution in [0.5, 0.6) is 0 Å². The molecule has 0 bridgehead atoms. The normalized spacial score (nSPS) is 10.9. The minimum Gasteiger partial charge on any atom is -0.478 e. The predicted molar refractivity (Wildman–Crippen MR) is 105 cm³/mol. The first-order valence-electron chi connectivity index (χ1n) is 8.56. The molecule has 0 aliphatic carbocycles. The molecular formula is C19H19N3O4S. The molecule has 0 spiro atoms. The molecule has 2 heterocycles. The van der Waals surface area contributed by atoms with E-state index in [9.17, 15) is 19.5 Å². The van der Waals surface area contributed by atoms with Gasteiger partial charge in [0.15, 0.2) is 0 Å². The van der Waals surface area contributed by atoms with E-state index in [2.05, 4.69) is 10.3 Å². The molecule has 0 aliphatic rings. The van der Waals surface area contributed by atoms with Gasteiger partial charge in [-0.15, -0.1) is 11.3 Å². The lowest BCUT2D eigenvalue weighted by Crippen LogP contribution is -2.20. The highest BCUT2D eigenvalue weighted by atomic mass is 32.1. The Morgan fingerprint density at radius 2 is 2.04 bits per heavy atom. The van der Waals surface area contributed by atoms with Crippen molar-refractivity contribution >= 4 is 39.1 Å². The van der Waals surface area contributed by atoms with Crippen LogP contribution in [0.2, 0.25) is 0 Å². The Kier molecular flexibility index (Phi) is 5.36. The first-order valence-corrected chi connectivity index (χ1v) is 9.38. The number of hydrogen-bond donors (Lipinski definition) is 2. The molecule has 2 aromatic heterocycles. The van der Waals surface area contributed by atoms with Gasteiger partial charge in [0, 0.05) is 6.54 Å². The van der Waals surface area contributed by atoms with Gasteiger partial charge in [0.2, 0.25) is 0 Å². The van der Waals surface area contributed by atoms with Crippen molar-refractivity contribution in [1.29, 1.82) is 0 Å². The Labute approximate surface area is 159 Å². The van der Waals surface area contributed by atoms with E-state index in [0.717, 1.165) is 24.2 Å². The number of carbonyl (C=O) groups is 2. The summed E-state index contributed by atoms with van der Waals surface area (Å²) in [7, 11) is 0. The monoisotopic (exact) mass is 385 g/mol. The van der Waals surface area contributed by atoms with E-state index >= 15 is 0 Å². The number of aromatic nitrogens is 2. The van der Waals surface area contributed by atoms with Crippen LogP contribution in [-0.4, -0.2) is 26.5 Å². The molecule has 1 amide bonds. The topological polar surface area (TPSA) is 101 Å². The Morgan fingerprint density at radius 3 is 2.74 bits per heavy atom. The molecule has 0 saturated carbocycles. The van der Waals surface area contributed by atoms with E-state index in [-0.39, 0.29) is 16.8 Å². The molecule has 3 rings (SSSR count). The third-order valence-electron chi connectivity index (χ3n) is 4.28. The maximum atomic E-state index is 12.7. The van der Waals surface area contributed by atoms with Crippen LogP contribution in [0, 0.1) is 6.92 Å². The summed E-state index contributed by atoms with van der Waals surface area (Å²) in [4.78, 5) is 41.9. The number of amides is 1. The highest BCUT2D eigenvalue weighted by molar-refractivity contribution is 7.20. The average Bonchev–Trinajstić information content (AvgIpc) is 2.99. The molecule has 7 nitrogen and oxygen atoms in total. The van der Waals surface area contributed by atoms with Crippen molar-refractivity contribution in [1.82, 2.24) is 9.55 Å². The van der Waals surface area contributed by atoms with Crippen molar-refractivity contribution < 1.29 is 14.7 Å². The summed E-state index contributed by atoms with van der Waals surface area (Å²) in [5, 5.41) is 12.3. The average molecular weight is 385 g/mol. The minimum absolute atomic E-state index is 0.00432. The predicted octanol–water partition coefficient (Wildman–Crippen LogP) is 3.52. The smallest absolute Gasteiger partial charge is 0.337 e. The van der Waals surface area contributed by atoms with Crippen molar-refractivity contribution in [2.75, 3.05) is 5.32 Å². The molecule has 0 saturated heterocycles. The molecule has 0 radical (unpaired) electrons. The molecule has 0 unspecified atom stereocenters. The first-order chi connectivity index (χ1) is 12.9. The number of unbranched alkanes of at least 4 members (excludes halogenated alkanes) is 1. The number of hydrogen-bond acceptors (Lipinski definition) is 5. The number of fused-ring (bicyclic) bond motifs is 1. The molecule has 0 atom stereocenters. The van der Waals surface area contributed by atoms with Crippen LogP contribution in [0.4, 0.5) is 5.69 Å². The molecule has 8 heteroatoms. The van der Waals surface area contributed by atoms with Gasteiger partial charge >= 0.3 is 5.97 Å². The molecule has 3 aromatic rings. The van der Waals surface area contributed by atoms with Crippen molar-refractivity contribution in [2.24, 2.45) is 0 Å². The van der Waals surface area contributed by atoms with Gasteiger partial charge in [-0.2, -0.15) is 0 Å². The SMILES string of the molecule is CCCCn1cnc2sc(C(=O)Nc3ccccc3C(=O)O)c(C)c2c1=O. The standard InChI is InChI=1S/C19H19N3O4S/c1-3-4-9-22-10-20-17-14(18(22)24)11(2)15(27-17)16(23)21-13-8-6-5-7-12(13)19(25)26/h5-8,10H,3-4,9H2,1-2H3,(H,21,23)(H,25,26). The number of aryl methyl sites for hydroxylation is 2. The van der Waals surface area contributed by atoms with Gasteiger partial charge < -0.3 is 10.4 Å². The Bertz CT molecular complexity index is 1080. The first kappa shape index (κ1) is 18.8. The minimum atomic E-state index is -1.13. The molecule has 140 valence electrons. The van der Waals surface area contributed by atoms with Crippen LogP contribution < -0.4 is 10.9 Å². The zero-order valence-electron chi connectivity index (χ0n) is 15.0. The summed E-state index contributed by atoms with van der Waals surface area (Å²) in [6, 6.07) is 6.18. The van der Waals surface area contributed by atoms with Crippen LogP contribution in [0.25, 0.3) is 10.2 Å². The summed E-state index contributed by atoms with van der Waals surface area (Å²) in [5.41, 5.74) is 0.612. The van der Waals surface area contributed by atoms with Crippen molar-refractivity contribution in [3.8, 4) is 0 Å². The second-order valence-corrected chi connectivity index (χ2v) is 7.14. The number of thiophene rings is 1. The number of carbonyl (C=O) groups excluding carboxylic acids is 1. The summed E-state index contributed by atoms with van der Waals surface area (Å²) < 4.78 is 1.56. The van der Waals surface area contributed by atoms with Gasteiger partial charge in [0.05, 0.1) is 27.8 Å². The number of rotatable bonds is 6. The summed E-state index contributed by atoms with van der Waals surface area (Å²) in [6.45, 7) is 4.34. The molecule has 27 heavy (non-hydrogen) atoms. The summed E-state index contributed by atoms with van der Waals surface area (Å²) >= 11 is 1.13. The van der Waals surface area contributed by atoms with Crippen LogP contribution >= 0.6 is 11.3 Å². The van der Waals surface area contributed by atoms with Crippen LogP contribution in [0.3, 0.4) is 0 Å².